The van der Waals surface area contributed by atoms with Gasteiger partial charge in [-0.3, -0.25) is 9.59 Å². The zero-order valence-corrected chi connectivity index (χ0v) is 23.9. The highest BCUT2D eigenvalue weighted by Gasteiger charge is 2.61. The lowest BCUT2D eigenvalue weighted by Crippen LogP contribution is -2.56. The molecular formula is C31H43N3O7. The molecule has 0 aromatic heterocycles. The predicted molar refractivity (Wildman–Crippen MR) is 152 cm³/mol. The number of carboxylic acids is 1. The molecule has 224 valence electrons. The van der Waals surface area contributed by atoms with Crippen LogP contribution in [0.4, 0.5) is 4.79 Å². The number of unbranched alkanes of at least 4 members (excludes halogenated alkanes) is 1. The lowest BCUT2D eigenvalue weighted by atomic mass is 10.0. The number of ether oxygens (including phenoxy) is 2. The molecule has 0 unspecified atom stereocenters. The molecule has 10 heteroatoms. The fraction of sp³-hybridized carbons (Fsp3) is 0.613. The molecule has 2 aliphatic heterocycles. The molecule has 1 aromatic rings. The maximum Gasteiger partial charge on any atom is 0.407 e. The number of nitrogens with one attached hydrogen (secondary N) is 2. The van der Waals surface area contributed by atoms with E-state index < -0.39 is 47.6 Å². The topological polar surface area (TPSA) is 134 Å². The van der Waals surface area contributed by atoms with Crippen molar-refractivity contribution in [3.8, 4) is 0 Å². The van der Waals surface area contributed by atoms with E-state index in [-0.39, 0.29) is 31.9 Å². The van der Waals surface area contributed by atoms with E-state index in [1.54, 1.807) is 0 Å². The number of hydrogen-bond acceptors (Lipinski definition) is 6. The molecule has 10 nitrogen and oxygen atoms in total. The molecule has 41 heavy (non-hydrogen) atoms. The second-order valence-corrected chi connectivity index (χ2v) is 11.4. The first-order valence-corrected chi connectivity index (χ1v) is 14.9. The SMILES string of the molecule is C=C[C@H]1C[C@@]1(NC(=O)[C@@H]1C[C@@H]2CN1C(=O)[C@H](CCCC)NC(=O)OCCCCCCc1cccc(c1)CO2)C(=O)O. The predicted octanol–water partition coefficient (Wildman–Crippen LogP) is 3.72. The van der Waals surface area contributed by atoms with Gasteiger partial charge in [0.2, 0.25) is 11.8 Å². The van der Waals surface area contributed by atoms with E-state index in [1.807, 2.05) is 19.1 Å². The van der Waals surface area contributed by atoms with Gasteiger partial charge in [0.15, 0.2) is 0 Å². The summed E-state index contributed by atoms with van der Waals surface area (Å²) in [6.07, 6.45) is 7.49. The van der Waals surface area contributed by atoms with Crippen molar-refractivity contribution in [2.45, 2.75) is 101 Å². The number of cyclic esters (lactones) is 1. The van der Waals surface area contributed by atoms with Crippen LogP contribution in [0.5, 0.6) is 0 Å². The molecule has 3 N–H and O–H groups in total. The van der Waals surface area contributed by atoms with E-state index in [1.165, 1.54) is 16.5 Å². The fourth-order valence-electron chi connectivity index (χ4n) is 5.82. The Morgan fingerprint density at radius 3 is 2.73 bits per heavy atom. The average Bonchev–Trinajstić information content (AvgIpc) is 3.51. The van der Waals surface area contributed by atoms with Gasteiger partial charge in [-0.15, -0.1) is 6.58 Å². The Hall–Kier alpha value is -3.40. The Bertz CT molecular complexity index is 1120. The maximum atomic E-state index is 13.9. The standard InChI is InChI=1S/C31H43N3O7/c1-3-5-14-25-28(36)34-19-24(17-26(34)27(35)33-31(29(37)38)18-23(31)4-2)41-20-22-13-10-12-21(16-22)11-8-6-7-9-15-40-30(39)32-25/h4,10,12-13,16,23-26H,2-3,5-9,11,14-15,17-20H2,1H3,(H,32,39)(H,33,35)(H,37,38)/t23-,24+,25-,26-,31-/m0/s1. The van der Waals surface area contributed by atoms with Crippen molar-refractivity contribution >= 4 is 23.9 Å². The van der Waals surface area contributed by atoms with Crippen LogP contribution < -0.4 is 10.6 Å². The van der Waals surface area contributed by atoms with Crippen molar-refractivity contribution in [1.29, 1.82) is 0 Å². The average molecular weight is 570 g/mol. The lowest BCUT2D eigenvalue weighted by Gasteiger charge is -2.29. The van der Waals surface area contributed by atoms with Gasteiger partial charge in [0.1, 0.15) is 17.6 Å². The fourth-order valence-corrected chi connectivity index (χ4v) is 5.82. The summed E-state index contributed by atoms with van der Waals surface area (Å²) in [6.45, 7) is 6.43. The highest BCUT2D eigenvalue weighted by atomic mass is 16.5. The molecule has 5 atom stereocenters. The number of rotatable bonds is 7. The largest absolute Gasteiger partial charge is 0.479 e. The first-order chi connectivity index (χ1) is 19.8. The summed E-state index contributed by atoms with van der Waals surface area (Å²) in [5.74, 6) is -2.45. The van der Waals surface area contributed by atoms with Gasteiger partial charge in [-0.05, 0) is 43.2 Å². The number of hydrogen-bond donors (Lipinski definition) is 3. The Labute approximate surface area is 241 Å². The second kappa shape index (κ2) is 14.0. The number of benzene rings is 1. The zero-order chi connectivity index (χ0) is 29.4. The van der Waals surface area contributed by atoms with Crippen LogP contribution in [-0.2, 0) is 36.9 Å². The molecule has 1 aliphatic carbocycles. The smallest absolute Gasteiger partial charge is 0.407 e. The molecular weight excluding hydrogens is 526 g/mol. The molecule has 4 rings (SSSR count). The summed E-state index contributed by atoms with van der Waals surface area (Å²) in [5.41, 5.74) is 0.824. The van der Waals surface area contributed by atoms with Gasteiger partial charge >= 0.3 is 12.1 Å². The Morgan fingerprint density at radius 2 is 2.00 bits per heavy atom. The third-order valence-electron chi connectivity index (χ3n) is 8.38. The van der Waals surface area contributed by atoms with Gasteiger partial charge in [-0.25, -0.2) is 9.59 Å². The van der Waals surface area contributed by atoms with Crippen LogP contribution in [-0.4, -0.2) is 70.8 Å². The van der Waals surface area contributed by atoms with Crippen molar-refractivity contribution in [2.24, 2.45) is 5.92 Å². The van der Waals surface area contributed by atoms with Crippen LogP contribution in [0.25, 0.3) is 0 Å². The minimum absolute atomic E-state index is 0.154. The van der Waals surface area contributed by atoms with Gasteiger partial charge in [-0.1, -0.05) is 62.9 Å². The number of nitrogens with zero attached hydrogens (tertiary/aromatic N) is 1. The van der Waals surface area contributed by atoms with E-state index >= 15 is 0 Å². The van der Waals surface area contributed by atoms with Gasteiger partial charge < -0.3 is 30.1 Å². The molecule has 2 heterocycles. The van der Waals surface area contributed by atoms with Crippen molar-refractivity contribution in [2.75, 3.05) is 13.2 Å². The molecule has 4 bridgehead atoms. The highest BCUT2D eigenvalue weighted by molar-refractivity contribution is 5.96. The van der Waals surface area contributed by atoms with Crippen molar-refractivity contribution < 1.29 is 33.8 Å². The Kier molecular flexibility index (Phi) is 10.4. The van der Waals surface area contributed by atoms with Crippen LogP contribution in [0.3, 0.4) is 0 Å². The summed E-state index contributed by atoms with van der Waals surface area (Å²) >= 11 is 0. The molecule has 2 fully saturated rings. The quantitative estimate of drug-likeness (QED) is 0.426. The molecule has 0 radical (unpaired) electrons. The van der Waals surface area contributed by atoms with Crippen LogP contribution in [0.2, 0.25) is 0 Å². The molecule has 3 aliphatic rings. The normalized spacial score (nSPS) is 29.2. The third kappa shape index (κ3) is 7.67. The second-order valence-electron chi connectivity index (χ2n) is 11.4. The van der Waals surface area contributed by atoms with Gasteiger partial charge in [-0.2, -0.15) is 0 Å². The number of carbonyl (C=O) groups is 4. The first-order valence-electron chi connectivity index (χ1n) is 14.9. The lowest BCUT2D eigenvalue weighted by molar-refractivity contribution is -0.145. The minimum atomic E-state index is -1.42. The maximum absolute atomic E-state index is 13.9. The molecule has 1 aromatic carbocycles. The summed E-state index contributed by atoms with van der Waals surface area (Å²) in [6, 6.07) is 6.43. The summed E-state index contributed by atoms with van der Waals surface area (Å²) in [4.78, 5) is 53.5. The number of carbonyl (C=O) groups excluding carboxylic acids is 3. The summed E-state index contributed by atoms with van der Waals surface area (Å²) in [7, 11) is 0. The van der Waals surface area contributed by atoms with Crippen molar-refractivity contribution in [3.05, 3.63) is 48.0 Å². The number of alkyl carbamates (subject to hydrolysis) is 1. The Morgan fingerprint density at radius 1 is 1.22 bits per heavy atom. The first kappa shape index (κ1) is 30.6. The number of aryl methyl sites for hydroxylation is 1. The van der Waals surface area contributed by atoms with Crippen molar-refractivity contribution in [1.82, 2.24) is 15.5 Å². The van der Waals surface area contributed by atoms with Gasteiger partial charge in [0.25, 0.3) is 0 Å². The molecule has 3 amide bonds. The third-order valence-corrected chi connectivity index (χ3v) is 8.38. The highest BCUT2D eigenvalue weighted by Crippen LogP contribution is 2.45. The number of carboxylic acid groups (broad SMARTS) is 1. The molecule has 0 spiro atoms. The minimum Gasteiger partial charge on any atom is -0.479 e. The van der Waals surface area contributed by atoms with E-state index in [2.05, 4.69) is 29.3 Å². The number of amides is 3. The van der Waals surface area contributed by atoms with Crippen LogP contribution in [0, 0.1) is 5.92 Å². The van der Waals surface area contributed by atoms with Crippen LogP contribution in [0.15, 0.2) is 36.9 Å². The van der Waals surface area contributed by atoms with E-state index in [9.17, 15) is 24.3 Å². The van der Waals surface area contributed by atoms with E-state index in [4.69, 9.17) is 9.47 Å². The van der Waals surface area contributed by atoms with Crippen LogP contribution in [0.1, 0.15) is 75.8 Å². The molecule has 1 saturated carbocycles. The van der Waals surface area contributed by atoms with Crippen molar-refractivity contribution in [3.63, 3.8) is 0 Å². The van der Waals surface area contributed by atoms with E-state index in [0.717, 1.165) is 44.1 Å². The van der Waals surface area contributed by atoms with E-state index in [0.29, 0.717) is 19.4 Å². The summed E-state index contributed by atoms with van der Waals surface area (Å²) in [5, 5.41) is 15.2. The number of aliphatic carboxylic acids is 1. The number of fused-ring (bicyclic) bond motifs is 4. The van der Waals surface area contributed by atoms with Gasteiger partial charge in [0, 0.05) is 18.9 Å². The zero-order valence-electron chi connectivity index (χ0n) is 23.9. The monoisotopic (exact) mass is 569 g/mol. The van der Waals surface area contributed by atoms with Gasteiger partial charge in [0.05, 0.1) is 19.3 Å². The van der Waals surface area contributed by atoms with Crippen LogP contribution >= 0.6 is 0 Å². The molecule has 1 saturated heterocycles. The Balaban J connectivity index is 1.57. The summed E-state index contributed by atoms with van der Waals surface area (Å²) < 4.78 is 11.6.